The maximum atomic E-state index is 13.1. The van der Waals surface area contributed by atoms with Crippen molar-refractivity contribution in [2.24, 2.45) is 19.1 Å². The molecule has 0 bridgehead atoms. The molecule has 0 radical (unpaired) electrons. The van der Waals surface area contributed by atoms with Crippen LogP contribution in [0, 0.1) is 0 Å². The van der Waals surface area contributed by atoms with Gasteiger partial charge in [-0.3, -0.25) is 4.68 Å². The largest absolute Gasteiger partial charge is 0.435 e. The molecular formula is C16H23BrF3IN6. The van der Waals surface area contributed by atoms with Gasteiger partial charge in [0, 0.05) is 55.8 Å². The lowest BCUT2D eigenvalue weighted by molar-refractivity contribution is -0.142. The van der Waals surface area contributed by atoms with E-state index in [1.807, 2.05) is 42.7 Å². The molecule has 0 spiro atoms. The van der Waals surface area contributed by atoms with Gasteiger partial charge in [-0.15, -0.1) is 24.0 Å². The molecule has 0 unspecified atom stereocenters. The van der Waals surface area contributed by atoms with Gasteiger partial charge in [-0.25, -0.2) is 4.99 Å². The molecule has 6 nitrogen and oxygen atoms in total. The number of aliphatic imine (C=N–C) groups is 1. The standard InChI is InChI=1S/C16H22BrF3N6.HI/c1-5-21-15(25(3)10-13-6-12(17)9-24(13)2)22-7-11-8-26(4)23-14(11)16(18,19)20;/h6,8-9H,5,7,10H2,1-4H3,(H,21,22);1H. The van der Waals surface area contributed by atoms with Crippen molar-refractivity contribution in [3.05, 3.63) is 39.9 Å². The average molecular weight is 563 g/mol. The molecule has 0 atom stereocenters. The van der Waals surface area contributed by atoms with Crippen LogP contribution in [0.4, 0.5) is 13.2 Å². The summed E-state index contributed by atoms with van der Waals surface area (Å²) < 4.78 is 43.3. The smallest absolute Gasteiger partial charge is 0.357 e. The molecule has 0 aliphatic heterocycles. The lowest BCUT2D eigenvalue weighted by Crippen LogP contribution is -2.38. The highest BCUT2D eigenvalue weighted by Crippen LogP contribution is 2.30. The molecule has 0 amide bonds. The van der Waals surface area contributed by atoms with Crippen LogP contribution in [0.2, 0.25) is 0 Å². The molecule has 2 heterocycles. The van der Waals surface area contributed by atoms with Crippen molar-refractivity contribution < 1.29 is 13.2 Å². The Labute approximate surface area is 182 Å². The highest BCUT2D eigenvalue weighted by Gasteiger charge is 2.36. The van der Waals surface area contributed by atoms with E-state index >= 15 is 0 Å². The molecule has 152 valence electrons. The lowest BCUT2D eigenvalue weighted by Gasteiger charge is -2.22. The summed E-state index contributed by atoms with van der Waals surface area (Å²) >= 11 is 3.43. The number of hydrogen-bond acceptors (Lipinski definition) is 2. The van der Waals surface area contributed by atoms with Gasteiger partial charge in [-0.05, 0) is 28.9 Å². The quantitative estimate of drug-likeness (QED) is 0.343. The van der Waals surface area contributed by atoms with Crippen molar-refractivity contribution in [1.29, 1.82) is 0 Å². The van der Waals surface area contributed by atoms with Crippen LogP contribution in [0.3, 0.4) is 0 Å². The fraction of sp³-hybridized carbons (Fsp3) is 0.500. The Morgan fingerprint density at radius 3 is 2.52 bits per heavy atom. The number of halogens is 5. The summed E-state index contributed by atoms with van der Waals surface area (Å²) in [4.78, 5) is 6.23. The Balaban J connectivity index is 0.00000364. The predicted octanol–water partition coefficient (Wildman–Crippen LogP) is 3.76. The van der Waals surface area contributed by atoms with Crippen LogP contribution in [0.15, 0.2) is 27.9 Å². The van der Waals surface area contributed by atoms with E-state index in [1.54, 1.807) is 0 Å². The first-order valence-corrected chi connectivity index (χ1v) is 8.81. The van der Waals surface area contributed by atoms with Crippen molar-refractivity contribution >= 4 is 45.9 Å². The molecule has 2 aromatic heterocycles. The van der Waals surface area contributed by atoms with Crippen LogP contribution in [-0.4, -0.2) is 38.8 Å². The third kappa shape index (κ3) is 6.40. The molecule has 0 aliphatic rings. The number of nitrogens with zero attached hydrogens (tertiary/aromatic N) is 5. The zero-order valence-corrected chi connectivity index (χ0v) is 19.4. The number of nitrogens with one attached hydrogen (secondary N) is 1. The normalized spacial score (nSPS) is 12.1. The Morgan fingerprint density at radius 1 is 1.33 bits per heavy atom. The van der Waals surface area contributed by atoms with E-state index in [1.165, 1.54) is 13.2 Å². The van der Waals surface area contributed by atoms with Crippen LogP contribution in [0.25, 0.3) is 0 Å². The second kappa shape index (κ2) is 9.80. The number of alkyl halides is 3. The summed E-state index contributed by atoms with van der Waals surface area (Å²) in [6, 6.07) is 1.99. The van der Waals surface area contributed by atoms with Gasteiger partial charge in [0.05, 0.1) is 13.1 Å². The molecular weight excluding hydrogens is 540 g/mol. The number of hydrogen-bond donors (Lipinski definition) is 1. The summed E-state index contributed by atoms with van der Waals surface area (Å²) in [6.07, 6.45) is -1.20. The Bertz CT molecular complexity index is 784. The van der Waals surface area contributed by atoms with Gasteiger partial charge in [-0.1, -0.05) is 0 Å². The van der Waals surface area contributed by atoms with E-state index in [2.05, 4.69) is 31.3 Å². The summed E-state index contributed by atoms with van der Waals surface area (Å²) in [7, 11) is 5.24. The number of aromatic nitrogens is 3. The summed E-state index contributed by atoms with van der Waals surface area (Å²) in [6.45, 7) is 2.98. The van der Waals surface area contributed by atoms with Crippen LogP contribution in [-0.2, 0) is 33.4 Å². The first kappa shape index (κ1) is 23.8. The van der Waals surface area contributed by atoms with Gasteiger partial charge in [0.2, 0.25) is 0 Å². The second-order valence-corrected chi connectivity index (χ2v) is 6.88. The van der Waals surface area contributed by atoms with Crippen LogP contribution < -0.4 is 5.32 Å². The minimum absolute atomic E-state index is 0. The van der Waals surface area contributed by atoms with E-state index < -0.39 is 11.9 Å². The number of aryl methyl sites for hydroxylation is 2. The molecule has 2 aromatic rings. The summed E-state index contributed by atoms with van der Waals surface area (Å²) in [5.74, 6) is 0.529. The molecule has 0 saturated carbocycles. The average Bonchev–Trinajstić information content (AvgIpc) is 3.05. The topological polar surface area (TPSA) is 50.4 Å². The summed E-state index contributed by atoms with van der Waals surface area (Å²) in [5, 5.41) is 6.62. The van der Waals surface area contributed by atoms with Crippen molar-refractivity contribution in [1.82, 2.24) is 24.6 Å². The minimum Gasteiger partial charge on any atom is -0.357 e. The zero-order valence-electron chi connectivity index (χ0n) is 15.5. The highest BCUT2D eigenvalue weighted by molar-refractivity contribution is 14.0. The molecule has 2 rings (SSSR count). The van der Waals surface area contributed by atoms with E-state index in [0.717, 1.165) is 14.8 Å². The molecule has 27 heavy (non-hydrogen) atoms. The zero-order chi connectivity index (χ0) is 19.5. The lowest BCUT2D eigenvalue weighted by atomic mass is 10.2. The molecule has 11 heteroatoms. The maximum Gasteiger partial charge on any atom is 0.435 e. The molecule has 0 aromatic carbocycles. The first-order valence-electron chi connectivity index (χ1n) is 8.01. The number of guanidine groups is 1. The van der Waals surface area contributed by atoms with Crippen molar-refractivity contribution in [2.75, 3.05) is 13.6 Å². The van der Waals surface area contributed by atoms with E-state index in [9.17, 15) is 13.2 Å². The van der Waals surface area contributed by atoms with Crippen LogP contribution in [0.5, 0.6) is 0 Å². The molecule has 0 fully saturated rings. The molecule has 0 saturated heterocycles. The fourth-order valence-electron chi connectivity index (χ4n) is 2.56. The van der Waals surface area contributed by atoms with E-state index in [0.29, 0.717) is 19.0 Å². The van der Waals surface area contributed by atoms with Gasteiger partial charge >= 0.3 is 6.18 Å². The summed E-state index contributed by atoms with van der Waals surface area (Å²) in [5.41, 5.74) is 0.196. The first-order chi connectivity index (χ1) is 12.1. The fourth-order valence-corrected chi connectivity index (χ4v) is 3.13. The Hall–Kier alpha value is -1.24. The van der Waals surface area contributed by atoms with Crippen molar-refractivity contribution in [2.45, 2.75) is 26.2 Å². The maximum absolute atomic E-state index is 13.1. The number of rotatable bonds is 5. The van der Waals surface area contributed by atoms with E-state index in [-0.39, 0.29) is 36.1 Å². The second-order valence-electron chi connectivity index (χ2n) is 5.96. The van der Waals surface area contributed by atoms with Gasteiger partial charge in [0.1, 0.15) is 0 Å². The van der Waals surface area contributed by atoms with Crippen LogP contribution >= 0.6 is 39.9 Å². The highest BCUT2D eigenvalue weighted by atomic mass is 127. The van der Waals surface area contributed by atoms with Gasteiger partial charge in [-0.2, -0.15) is 18.3 Å². The predicted molar refractivity (Wildman–Crippen MR) is 113 cm³/mol. The SMILES string of the molecule is CCNC(=NCc1cn(C)nc1C(F)(F)F)N(C)Cc1cc(Br)cn1C.I. The molecule has 1 N–H and O–H groups in total. The van der Waals surface area contributed by atoms with Crippen molar-refractivity contribution in [3.8, 4) is 0 Å². The third-order valence-electron chi connectivity index (χ3n) is 3.74. The monoisotopic (exact) mass is 562 g/mol. The molecule has 0 aliphatic carbocycles. The van der Waals surface area contributed by atoms with Crippen molar-refractivity contribution in [3.63, 3.8) is 0 Å². The minimum atomic E-state index is -4.49. The Morgan fingerprint density at radius 2 is 2.00 bits per heavy atom. The van der Waals surface area contributed by atoms with E-state index in [4.69, 9.17) is 0 Å². The van der Waals surface area contributed by atoms with Gasteiger partial charge in [0.15, 0.2) is 11.7 Å². The Kier molecular flexibility index (Phi) is 8.64. The van der Waals surface area contributed by atoms with Gasteiger partial charge in [0.25, 0.3) is 0 Å². The third-order valence-corrected chi connectivity index (χ3v) is 4.18. The van der Waals surface area contributed by atoms with Gasteiger partial charge < -0.3 is 14.8 Å². The van der Waals surface area contributed by atoms with Crippen LogP contribution in [0.1, 0.15) is 23.9 Å².